The maximum Gasteiger partial charge on any atom is 0.0637 e. The van der Waals surface area contributed by atoms with Crippen LogP contribution in [0.2, 0.25) is 0 Å². The zero-order valence-corrected chi connectivity index (χ0v) is 9.01. The molecule has 78 valence electrons. The molecule has 1 N–H and O–H groups in total. The Bertz CT molecular complexity index is 261. The van der Waals surface area contributed by atoms with Crippen molar-refractivity contribution >= 4 is 5.69 Å². The molecule has 0 aliphatic heterocycles. The number of hydrogen-bond donors (Lipinski definition) is 1. The van der Waals surface area contributed by atoms with Gasteiger partial charge in [-0.3, -0.25) is 4.98 Å². The molecule has 1 heterocycles. The zero-order chi connectivity index (χ0) is 10.6. The van der Waals surface area contributed by atoms with E-state index < -0.39 is 0 Å². The summed E-state index contributed by atoms with van der Waals surface area (Å²) in [5, 5.41) is 9.27. The first-order valence-corrected chi connectivity index (χ1v) is 4.90. The van der Waals surface area contributed by atoms with Crippen molar-refractivity contribution in [3.8, 4) is 0 Å². The summed E-state index contributed by atoms with van der Waals surface area (Å²) < 4.78 is 0. The molecule has 0 bridgehead atoms. The van der Waals surface area contributed by atoms with Gasteiger partial charge in [0.25, 0.3) is 0 Å². The second-order valence-corrected chi connectivity index (χ2v) is 3.82. The van der Waals surface area contributed by atoms with Crippen LogP contribution in [0.5, 0.6) is 0 Å². The lowest BCUT2D eigenvalue weighted by molar-refractivity contribution is 0.234. The van der Waals surface area contributed by atoms with Crippen LogP contribution in [0.1, 0.15) is 13.8 Å². The maximum atomic E-state index is 9.27. The first kappa shape index (κ1) is 11.0. The number of nitrogens with zero attached hydrogens (tertiary/aromatic N) is 2. The van der Waals surface area contributed by atoms with Gasteiger partial charge in [0.2, 0.25) is 0 Å². The second-order valence-electron chi connectivity index (χ2n) is 3.82. The molecule has 1 aromatic heterocycles. The van der Waals surface area contributed by atoms with Gasteiger partial charge in [-0.25, -0.2) is 0 Å². The summed E-state index contributed by atoms with van der Waals surface area (Å²) in [5.74, 6) is 0.421. The predicted octanol–water partition coefficient (Wildman–Crippen LogP) is 1.53. The number of anilines is 1. The standard InChI is InChI=1S/C11H18N2O/c1-9(2)11(8-14)13(3)10-5-4-6-12-7-10/h4-7,9,11,14H,8H2,1-3H3. The second kappa shape index (κ2) is 4.96. The highest BCUT2D eigenvalue weighted by Gasteiger charge is 2.17. The van der Waals surface area contributed by atoms with Crippen LogP contribution < -0.4 is 4.90 Å². The minimum atomic E-state index is 0.152. The molecule has 0 aliphatic rings. The molecule has 0 saturated carbocycles. The smallest absolute Gasteiger partial charge is 0.0637 e. The molecule has 14 heavy (non-hydrogen) atoms. The first-order chi connectivity index (χ1) is 6.66. The third-order valence-electron chi connectivity index (χ3n) is 2.51. The predicted molar refractivity (Wildman–Crippen MR) is 58.4 cm³/mol. The molecular formula is C11H18N2O. The van der Waals surface area contributed by atoms with E-state index in [1.54, 1.807) is 6.20 Å². The monoisotopic (exact) mass is 194 g/mol. The summed E-state index contributed by atoms with van der Waals surface area (Å²) in [7, 11) is 1.98. The van der Waals surface area contributed by atoms with Crippen LogP contribution in [0.3, 0.4) is 0 Å². The molecule has 1 unspecified atom stereocenters. The van der Waals surface area contributed by atoms with Gasteiger partial charge in [-0.05, 0) is 18.1 Å². The highest BCUT2D eigenvalue weighted by Crippen LogP contribution is 2.17. The lowest BCUT2D eigenvalue weighted by atomic mass is 10.0. The Labute approximate surface area is 85.4 Å². The van der Waals surface area contributed by atoms with E-state index >= 15 is 0 Å². The van der Waals surface area contributed by atoms with Gasteiger partial charge in [-0.1, -0.05) is 13.8 Å². The highest BCUT2D eigenvalue weighted by atomic mass is 16.3. The van der Waals surface area contributed by atoms with E-state index in [-0.39, 0.29) is 12.6 Å². The first-order valence-electron chi connectivity index (χ1n) is 4.90. The molecule has 0 saturated heterocycles. The Hall–Kier alpha value is -1.09. The Morgan fingerprint density at radius 3 is 2.64 bits per heavy atom. The van der Waals surface area contributed by atoms with Gasteiger partial charge in [0.05, 0.1) is 24.5 Å². The lowest BCUT2D eigenvalue weighted by Crippen LogP contribution is -2.38. The zero-order valence-electron chi connectivity index (χ0n) is 9.01. The molecule has 0 aliphatic carbocycles. The third-order valence-corrected chi connectivity index (χ3v) is 2.51. The van der Waals surface area contributed by atoms with E-state index in [9.17, 15) is 5.11 Å². The van der Waals surface area contributed by atoms with E-state index in [2.05, 4.69) is 23.7 Å². The van der Waals surface area contributed by atoms with Gasteiger partial charge >= 0.3 is 0 Å². The van der Waals surface area contributed by atoms with Gasteiger partial charge in [0.15, 0.2) is 0 Å². The number of rotatable bonds is 4. The number of aromatic nitrogens is 1. The normalized spacial score (nSPS) is 12.9. The van der Waals surface area contributed by atoms with Gasteiger partial charge < -0.3 is 10.0 Å². The van der Waals surface area contributed by atoms with Crippen molar-refractivity contribution < 1.29 is 5.11 Å². The number of pyridine rings is 1. The van der Waals surface area contributed by atoms with Crippen molar-refractivity contribution in [3.05, 3.63) is 24.5 Å². The minimum absolute atomic E-state index is 0.152. The molecule has 0 aromatic carbocycles. The lowest BCUT2D eigenvalue weighted by Gasteiger charge is -2.31. The minimum Gasteiger partial charge on any atom is -0.394 e. The topological polar surface area (TPSA) is 36.4 Å². The fourth-order valence-electron chi connectivity index (χ4n) is 1.53. The van der Waals surface area contributed by atoms with E-state index in [0.717, 1.165) is 5.69 Å². The molecule has 3 nitrogen and oxygen atoms in total. The summed E-state index contributed by atoms with van der Waals surface area (Å²) in [6.45, 7) is 4.38. The molecule has 1 rings (SSSR count). The van der Waals surface area contributed by atoms with Crippen LogP contribution in [0.4, 0.5) is 5.69 Å². The van der Waals surface area contributed by atoms with Crippen molar-refractivity contribution in [2.75, 3.05) is 18.6 Å². The number of hydrogen-bond acceptors (Lipinski definition) is 3. The van der Waals surface area contributed by atoms with Crippen LogP contribution in [-0.4, -0.2) is 29.8 Å². The van der Waals surface area contributed by atoms with E-state index in [0.29, 0.717) is 5.92 Å². The molecule has 0 radical (unpaired) electrons. The Kier molecular flexibility index (Phi) is 3.89. The van der Waals surface area contributed by atoms with Crippen molar-refractivity contribution in [1.29, 1.82) is 0 Å². The molecule has 1 atom stereocenters. The average Bonchev–Trinajstić information content (AvgIpc) is 2.19. The van der Waals surface area contributed by atoms with Crippen molar-refractivity contribution in [1.82, 2.24) is 4.98 Å². The molecular weight excluding hydrogens is 176 g/mol. The molecule has 3 heteroatoms. The van der Waals surface area contributed by atoms with Gasteiger partial charge in [-0.2, -0.15) is 0 Å². The van der Waals surface area contributed by atoms with Crippen molar-refractivity contribution in [3.63, 3.8) is 0 Å². The highest BCUT2D eigenvalue weighted by molar-refractivity contribution is 5.43. The van der Waals surface area contributed by atoms with Gasteiger partial charge in [0.1, 0.15) is 0 Å². The van der Waals surface area contributed by atoms with Crippen LogP contribution in [-0.2, 0) is 0 Å². The molecule has 0 amide bonds. The van der Waals surface area contributed by atoms with Crippen LogP contribution in [0, 0.1) is 5.92 Å². The summed E-state index contributed by atoms with van der Waals surface area (Å²) in [5.41, 5.74) is 1.04. The number of aliphatic hydroxyl groups excluding tert-OH is 1. The average molecular weight is 194 g/mol. The Morgan fingerprint density at radius 1 is 1.50 bits per heavy atom. The van der Waals surface area contributed by atoms with E-state index in [4.69, 9.17) is 0 Å². The summed E-state index contributed by atoms with van der Waals surface area (Å²) in [6.07, 6.45) is 3.56. The van der Waals surface area contributed by atoms with E-state index in [1.165, 1.54) is 0 Å². The van der Waals surface area contributed by atoms with Crippen molar-refractivity contribution in [2.45, 2.75) is 19.9 Å². The van der Waals surface area contributed by atoms with Crippen molar-refractivity contribution in [2.24, 2.45) is 5.92 Å². The van der Waals surface area contributed by atoms with E-state index in [1.807, 2.05) is 25.4 Å². The number of aliphatic hydroxyl groups is 1. The SMILES string of the molecule is CC(C)C(CO)N(C)c1cccnc1. The molecule has 1 aromatic rings. The van der Waals surface area contributed by atoms with Crippen LogP contribution in [0.15, 0.2) is 24.5 Å². The Balaban J connectivity index is 2.78. The third kappa shape index (κ3) is 2.45. The Morgan fingerprint density at radius 2 is 2.21 bits per heavy atom. The summed E-state index contributed by atoms with van der Waals surface area (Å²) in [6, 6.07) is 4.05. The largest absolute Gasteiger partial charge is 0.394 e. The fraction of sp³-hybridized carbons (Fsp3) is 0.545. The fourth-order valence-corrected chi connectivity index (χ4v) is 1.53. The maximum absolute atomic E-state index is 9.27. The summed E-state index contributed by atoms with van der Waals surface area (Å²) >= 11 is 0. The van der Waals surface area contributed by atoms with Gasteiger partial charge in [-0.15, -0.1) is 0 Å². The molecule has 0 spiro atoms. The van der Waals surface area contributed by atoms with Crippen LogP contribution in [0.25, 0.3) is 0 Å². The summed E-state index contributed by atoms with van der Waals surface area (Å²) in [4.78, 5) is 6.13. The van der Waals surface area contributed by atoms with Gasteiger partial charge in [0, 0.05) is 13.2 Å². The quantitative estimate of drug-likeness (QED) is 0.789. The molecule has 0 fully saturated rings. The van der Waals surface area contributed by atoms with Crippen LogP contribution >= 0.6 is 0 Å². The number of likely N-dealkylation sites (N-methyl/N-ethyl adjacent to an activating group) is 1.